The fraction of sp³-hybridized carbons (Fsp3) is 0.250. The van der Waals surface area contributed by atoms with E-state index in [-0.39, 0.29) is 11.9 Å². The van der Waals surface area contributed by atoms with Gasteiger partial charge >= 0.3 is 0 Å². The minimum absolute atomic E-state index is 0.0180. The van der Waals surface area contributed by atoms with Crippen molar-refractivity contribution in [2.75, 3.05) is 13.7 Å². The summed E-state index contributed by atoms with van der Waals surface area (Å²) in [5.41, 5.74) is 0.656. The zero-order valence-electron chi connectivity index (χ0n) is 11.6. The Kier molecular flexibility index (Phi) is 6.03. The SMILES string of the molecule is CNC(COc1ccc(Cl)cc1)Cc1cc(Br)ccc1F. The summed E-state index contributed by atoms with van der Waals surface area (Å²) in [5.74, 6) is 0.541. The lowest BCUT2D eigenvalue weighted by molar-refractivity contribution is 0.269. The Labute approximate surface area is 137 Å². The van der Waals surface area contributed by atoms with Gasteiger partial charge in [0, 0.05) is 15.5 Å². The van der Waals surface area contributed by atoms with Crippen LogP contribution in [0.25, 0.3) is 0 Å². The van der Waals surface area contributed by atoms with Crippen molar-refractivity contribution in [1.29, 1.82) is 0 Å². The second kappa shape index (κ2) is 7.78. The molecule has 21 heavy (non-hydrogen) atoms. The minimum atomic E-state index is -0.204. The Morgan fingerprint density at radius 2 is 1.95 bits per heavy atom. The third-order valence-electron chi connectivity index (χ3n) is 3.15. The maximum Gasteiger partial charge on any atom is 0.126 e. The van der Waals surface area contributed by atoms with Gasteiger partial charge in [-0.05, 0) is 61.5 Å². The van der Waals surface area contributed by atoms with Crippen molar-refractivity contribution >= 4 is 27.5 Å². The first kappa shape index (κ1) is 16.3. The summed E-state index contributed by atoms with van der Waals surface area (Å²) in [6.45, 7) is 0.448. The van der Waals surface area contributed by atoms with Crippen LogP contribution in [0.15, 0.2) is 46.9 Å². The fourth-order valence-electron chi connectivity index (χ4n) is 1.94. The number of ether oxygens (including phenoxy) is 1. The lowest BCUT2D eigenvalue weighted by atomic mass is 10.1. The summed E-state index contributed by atoms with van der Waals surface area (Å²) >= 11 is 9.19. The van der Waals surface area contributed by atoms with Crippen LogP contribution in [-0.4, -0.2) is 19.7 Å². The molecule has 0 aliphatic heterocycles. The highest BCUT2D eigenvalue weighted by atomic mass is 79.9. The van der Waals surface area contributed by atoms with Gasteiger partial charge in [0.15, 0.2) is 0 Å². The van der Waals surface area contributed by atoms with Gasteiger partial charge in [-0.15, -0.1) is 0 Å². The highest BCUT2D eigenvalue weighted by Crippen LogP contribution is 2.18. The number of benzene rings is 2. The Morgan fingerprint density at radius 3 is 2.62 bits per heavy atom. The van der Waals surface area contributed by atoms with E-state index in [1.807, 2.05) is 19.2 Å². The molecule has 0 aliphatic rings. The second-order valence-electron chi connectivity index (χ2n) is 4.69. The topological polar surface area (TPSA) is 21.3 Å². The third kappa shape index (κ3) is 4.99. The van der Waals surface area contributed by atoms with E-state index in [1.54, 1.807) is 24.3 Å². The van der Waals surface area contributed by atoms with Crippen LogP contribution in [0.4, 0.5) is 4.39 Å². The molecule has 2 aromatic carbocycles. The van der Waals surface area contributed by atoms with Crippen LogP contribution in [0.5, 0.6) is 5.75 Å². The van der Waals surface area contributed by atoms with Crippen LogP contribution in [0.3, 0.4) is 0 Å². The molecule has 0 aliphatic carbocycles. The zero-order valence-corrected chi connectivity index (χ0v) is 13.9. The third-order valence-corrected chi connectivity index (χ3v) is 3.89. The van der Waals surface area contributed by atoms with E-state index < -0.39 is 0 Å². The first-order valence-electron chi connectivity index (χ1n) is 6.58. The van der Waals surface area contributed by atoms with Gasteiger partial charge in [0.05, 0.1) is 0 Å². The molecule has 0 aromatic heterocycles. The predicted molar refractivity (Wildman–Crippen MR) is 87.6 cm³/mol. The molecule has 0 spiro atoms. The van der Waals surface area contributed by atoms with Gasteiger partial charge in [-0.1, -0.05) is 27.5 Å². The lowest BCUT2D eigenvalue weighted by Crippen LogP contribution is -2.34. The number of rotatable bonds is 6. The summed E-state index contributed by atoms with van der Waals surface area (Å²) < 4.78 is 20.3. The molecule has 1 N–H and O–H groups in total. The first-order chi connectivity index (χ1) is 10.1. The van der Waals surface area contributed by atoms with Gasteiger partial charge in [0.2, 0.25) is 0 Å². The number of likely N-dealkylation sites (N-methyl/N-ethyl adjacent to an activating group) is 1. The zero-order chi connectivity index (χ0) is 15.2. The average molecular weight is 373 g/mol. The van der Waals surface area contributed by atoms with Gasteiger partial charge in [0.25, 0.3) is 0 Å². The molecule has 0 bridgehead atoms. The van der Waals surface area contributed by atoms with Crippen LogP contribution in [0, 0.1) is 5.82 Å². The molecule has 2 aromatic rings. The van der Waals surface area contributed by atoms with Crippen molar-refractivity contribution in [2.45, 2.75) is 12.5 Å². The van der Waals surface area contributed by atoms with Crippen molar-refractivity contribution in [2.24, 2.45) is 0 Å². The molecule has 0 radical (unpaired) electrons. The molecule has 1 unspecified atom stereocenters. The molecule has 5 heteroatoms. The summed E-state index contributed by atoms with van der Waals surface area (Å²) in [7, 11) is 1.84. The number of nitrogens with one attached hydrogen (secondary N) is 1. The lowest BCUT2D eigenvalue weighted by Gasteiger charge is -2.17. The summed E-state index contributed by atoms with van der Waals surface area (Å²) in [6.07, 6.45) is 0.551. The second-order valence-corrected chi connectivity index (χ2v) is 6.04. The number of hydrogen-bond donors (Lipinski definition) is 1. The van der Waals surface area contributed by atoms with Gasteiger partial charge in [0.1, 0.15) is 18.2 Å². The molecule has 0 heterocycles. The van der Waals surface area contributed by atoms with E-state index >= 15 is 0 Å². The predicted octanol–water partition coefficient (Wildman–Crippen LogP) is 4.45. The van der Waals surface area contributed by atoms with E-state index in [9.17, 15) is 4.39 Å². The van der Waals surface area contributed by atoms with E-state index in [0.717, 1.165) is 10.2 Å². The monoisotopic (exact) mass is 371 g/mol. The standard InChI is InChI=1S/C16H16BrClFNO/c1-20-14(9-11-8-12(17)2-7-16(11)19)10-21-15-5-3-13(18)4-6-15/h2-8,14,20H,9-10H2,1H3. The van der Waals surface area contributed by atoms with Gasteiger partial charge in [-0.2, -0.15) is 0 Å². The van der Waals surface area contributed by atoms with E-state index in [2.05, 4.69) is 21.2 Å². The summed E-state index contributed by atoms with van der Waals surface area (Å²) in [5, 5.41) is 3.82. The molecule has 0 saturated heterocycles. The summed E-state index contributed by atoms with van der Waals surface area (Å²) in [6, 6.07) is 12.2. The van der Waals surface area contributed by atoms with Crippen LogP contribution in [0.1, 0.15) is 5.56 Å². The highest BCUT2D eigenvalue weighted by Gasteiger charge is 2.12. The Balaban J connectivity index is 1.96. The van der Waals surface area contributed by atoms with Crippen LogP contribution < -0.4 is 10.1 Å². The summed E-state index contributed by atoms with van der Waals surface area (Å²) in [4.78, 5) is 0. The smallest absolute Gasteiger partial charge is 0.126 e. The fourth-order valence-corrected chi connectivity index (χ4v) is 2.47. The van der Waals surface area contributed by atoms with Crippen molar-refractivity contribution < 1.29 is 9.13 Å². The highest BCUT2D eigenvalue weighted by molar-refractivity contribution is 9.10. The molecule has 2 nitrogen and oxygen atoms in total. The van der Waals surface area contributed by atoms with E-state index in [4.69, 9.17) is 16.3 Å². The largest absolute Gasteiger partial charge is 0.492 e. The number of halogens is 3. The van der Waals surface area contributed by atoms with Gasteiger partial charge in [-0.25, -0.2) is 4.39 Å². The Bertz CT molecular complexity index is 591. The minimum Gasteiger partial charge on any atom is -0.492 e. The molecule has 0 fully saturated rings. The molecule has 1 atom stereocenters. The molecule has 2 rings (SSSR count). The van der Waals surface area contributed by atoms with Crippen molar-refractivity contribution in [1.82, 2.24) is 5.32 Å². The van der Waals surface area contributed by atoms with Crippen molar-refractivity contribution in [3.63, 3.8) is 0 Å². The normalized spacial score (nSPS) is 12.2. The van der Waals surface area contributed by atoms with E-state index in [1.165, 1.54) is 6.07 Å². The van der Waals surface area contributed by atoms with Gasteiger partial charge < -0.3 is 10.1 Å². The molecule has 112 valence electrons. The van der Waals surface area contributed by atoms with Crippen molar-refractivity contribution in [3.05, 3.63) is 63.3 Å². The van der Waals surface area contributed by atoms with Crippen LogP contribution in [0.2, 0.25) is 5.02 Å². The first-order valence-corrected chi connectivity index (χ1v) is 7.75. The van der Waals surface area contributed by atoms with Crippen LogP contribution >= 0.6 is 27.5 Å². The Hall–Kier alpha value is -1.10. The maximum atomic E-state index is 13.8. The maximum absolute atomic E-state index is 13.8. The molecule has 0 saturated carbocycles. The quantitative estimate of drug-likeness (QED) is 0.809. The molecule has 0 amide bonds. The average Bonchev–Trinajstić information content (AvgIpc) is 2.48. The molecular weight excluding hydrogens is 357 g/mol. The van der Waals surface area contributed by atoms with E-state index in [0.29, 0.717) is 23.6 Å². The van der Waals surface area contributed by atoms with Gasteiger partial charge in [-0.3, -0.25) is 0 Å². The Morgan fingerprint density at radius 1 is 1.24 bits per heavy atom. The van der Waals surface area contributed by atoms with Crippen LogP contribution in [-0.2, 0) is 6.42 Å². The molecular formula is C16H16BrClFNO. The number of hydrogen-bond acceptors (Lipinski definition) is 2. The van der Waals surface area contributed by atoms with Crippen molar-refractivity contribution in [3.8, 4) is 5.75 Å².